The molecule has 1 heterocycles. The minimum Gasteiger partial charge on any atom is -0.349 e. The maximum absolute atomic E-state index is 12.3. The number of carbonyl (C=O) groups excluding carboxylic acids is 1. The predicted octanol–water partition coefficient (Wildman–Crippen LogP) is 2.34. The second-order valence-electron chi connectivity index (χ2n) is 5.83. The van der Waals surface area contributed by atoms with Gasteiger partial charge in [0.2, 0.25) is 5.91 Å². The molecule has 0 bridgehead atoms. The SMILES string of the molecule is Cc1ccc(C)c(C(C)NC(=O)C2CNCC2C)c1. The first kappa shape index (κ1) is 14.1. The number of amides is 1. The van der Waals surface area contributed by atoms with Gasteiger partial charge in [0.05, 0.1) is 12.0 Å². The minimum absolute atomic E-state index is 0.0696. The molecule has 0 radical (unpaired) electrons. The molecule has 3 heteroatoms. The third-order valence-corrected chi connectivity index (χ3v) is 4.11. The summed E-state index contributed by atoms with van der Waals surface area (Å²) in [5.74, 6) is 0.698. The van der Waals surface area contributed by atoms with Crippen molar-refractivity contribution in [3.05, 3.63) is 34.9 Å². The maximum atomic E-state index is 12.3. The molecule has 1 fully saturated rings. The smallest absolute Gasteiger partial charge is 0.225 e. The van der Waals surface area contributed by atoms with Gasteiger partial charge in [-0.25, -0.2) is 0 Å². The molecule has 1 amide bonds. The monoisotopic (exact) mass is 260 g/mol. The largest absolute Gasteiger partial charge is 0.349 e. The van der Waals surface area contributed by atoms with Crippen LogP contribution in [0.15, 0.2) is 18.2 Å². The van der Waals surface area contributed by atoms with Crippen LogP contribution in [-0.2, 0) is 4.79 Å². The summed E-state index contributed by atoms with van der Waals surface area (Å²) in [6.07, 6.45) is 0. The van der Waals surface area contributed by atoms with Crippen LogP contribution < -0.4 is 10.6 Å². The molecule has 1 aliphatic rings. The summed E-state index contributed by atoms with van der Waals surface area (Å²) in [6, 6.07) is 6.46. The molecule has 0 aromatic heterocycles. The molecule has 2 rings (SSSR count). The Morgan fingerprint density at radius 3 is 2.74 bits per heavy atom. The molecule has 0 aliphatic carbocycles. The lowest BCUT2D eigenvalue weighted by atomic mass is 9.95. The lowest BCUT2D eigenvalue weighted by molar-refractivity contribution is -0.126. The Morgan fingerprint density at radius 1 is 1.37 bits per heavy atom. The van der Waals surface area contributed by atoms with Crippen molar-refractivity contribution in [3.8, 4) is 0 Å². The third-order valence-electron chi connectivity index (χ3n) is 4.11. The van der Waals surface area contributed by atoms with E-state index >= 15 is 0 Å². The Bertz CT molecular complexity index is 470. The molecule has 19 heavy (non-hydrogen) atoms. The normalized spacial score (nSPS) is 24.2. The van der Waals surface area contributed by atoms with E-state index in [4.69, 9.17) is 0 Å². The highest BCUT2D eigenvalue weighted by Gasteiger charge is 2.30. The Morgan fingerprint density at radius 2 is 2.11 bits per heavy atom. The van der Waals surface area contributed by atoms with Crippen molar-refractivity contribution in [1.29, 1.82) is 0 Å². The molecule has 3 unspecified atom stereocenters. The van der Waals surface area contributed by atoms with Gasteiger partial charge in [0.15, 0.2) is 0 Å². The fraction of sp³-hybridized carbons (Fsp3) is 0.562. The highest BCUT2D eigenvalue weighted by molar-refractivity contribution is 5.80. The van der Waals surface area contributed by atoms with Gasteiger partial charge >= 0.3 is 0 Å². The van der Waals surface area contributed by atoms with Gasteiger partial charge in [-0.1, -0.05) is 30.7 Å². The van der Waals surface area contributed by atoms with Gasteiger partial charge in [-0.15, -0.1) is 0 Å². The molecular formula is C16H24N2O. The van der Waals surface area contributed by atoms with Gasteiger partial charge in [-0.05, 0) is 44.4 Å². The van der Waals surface area contributed by atoms with Crippen LogP contribution in [0.2, 0.25) is 0 Å². The number of nitrogens with one attached hydrogen (secondary N) is 2. The molecule has 1 aromatic rings. The zero-order valence-corrected chi connectivity index (χ0v) is 12.3. The van der Waals surface area contributed by atoms with Crippen LogP contribution in [0.1, 0.15) is 36.6 Å². The van der Waals surface area contributed by atoms with Gasteiger partial charge in [0.1, 0.15) is 0 Å². The first-order valence-electron chi connectivity index (χ1n) is 7.07. The fourth-order valence-corrected chi connectivity index (χ4v) is 2.79. The molecule has 1 aromatic carbocycles. The highest BCUT2D eigenvalue weighted by Crippen LogP contribution is 2.21. The number of hydrogen-bond donors (Lipinski definition) is 2. The van der Waals surface area contributed by atoms with E-state index in [1.807, 2.05) is 0 Å². The van der Waals surface area contributed by atoms with Crippen LogP contribution >= 0.6 is 0 Å². The molecule has 2 N–H and O–H groups in total. The van der Waals surface area contributed by atoms with Crippen LogP contribution in [0.25, 0.3) is 0 Å². The van der Waals surface area contributed by atoms with E-state index in [9.17, 15) is 4.79 Å². The molecule has 104 valence electrons. The molecule has 1 aliphatic heterocycles. The highest BCUT2D eigenvalue weighted by atomic mass is 16.2. The summed E-state index contributed by atoms with van der Waals surface area (Å²) in [6.45, 7) is 10.1. The molecule has 1 saturated heterocycles. The molecule has 0 saturated carbocycles. The third kappa shape index (κ3) is 3.16. The van der Waals surface area contributed by atoms with Crippen molar-refractivity contribution in [2.45, 2.75) is 33.7 Å². The second kappa shape index (κ2) is 5.74. The van der Waals surface area contributed by atoms with E-state index in [0.717, 1.165) is 13.1 Å². The zero-order chi connectivity index (χ0) is 14.0. The van der Waals surface area contributed by atoms with E-state index in [2.05, 4.69) is 56.5 Å². The van der Waals surface area contributed by atoms with Crippen molar-refractivity contribution in [1.82, 2.24) is 10.6 Å². The van der Waals surface area contributed by atoms with E-state index in [1.165, 1.54) is 16.7 Å². The Hall–Kier alpha value is -1.35. The average molecular weight is 260 g/mol. The lowest BCUT2D eigenvalue weighted by Crippen LogP contribution is -2.36. The number of carbonyl (C=O) groups is 1. The summed E-state index contributed by atoms with van der Waals surface area (Å²) in [5, 5.41) is 6.43. The molecule has 0 spiro atoms. The fourth-order valence-electron chi connectivity index (χ4n) is 2.79. The summed E-state index contributed by atoms with van der Waals surface area (Å²) >= 11 is 0. The van der Waals surface area contributed by atoms with Crippen LogP contribution in [0.4, 0.5) is 0 Å². The standard InChI is InChI=1S/C16H24N2O/c1-10-5-6-11(2)14(7-10)13(4)18-16(19)15-9-17-8-12(15)3/h5-7,12-13,15,17H,8-9H2,1-4H3,(H,18,19). The Kier molecular flexibility index (Phi) is 4.25. The van der Waals surface area contributed by atoms with E-state index in [0.29, 0.717) is 5.92 Å². The minimum atomic E-state index is 0.0696. The number of benzene rings is 1. The van der Waals surface area contributed by atoms with Crippen LogP contribution in [-0.4, -0.2) is 19.0 Å². The maximum Gasteiger partial charge on any atom is 0.225 e. The van der Waals surface area contributed by atoms with Crippen LogP contribution in [0.5, 0.6) is 0 Å². The van der Waals surface area contributed by atoms with E-state index in [-0.39, 0.29) is 17.9 Å². The number of aryl methyl sites for hydroxylation is 2. The first-order chi connectivity index (χ1) is 8.99. The Labute approximate surface area is 115 Å². The predicted molar refractivity (Wildman–Crippen MR) is 78.0 cm³/mol. The summed E-state index contributed by atoms with van der Waals surface area (Å²) in [4.78, 5) is 12.3. The van der Waals surface area contributed by atoms with Crippen molar-refractivity contribution >= 4 is 5.91 Å². The average Bonchev–Trinajstić information content (AvgIpc) is 2.78. The van der Waals surface area contributed by atoms with Gasteiger partial charge < -0.3 is 10.6 Å². The van der Waals surface area contributed by atoms with Gasteiger partial charge in [-0.3, -0.25) is 4.79 Å². The lowest BCUT2D eigenvalue weighted by Gasteiger charge is -2.21. The zero-order valence-electron chi connectivity index (χ0n) is 12.3. The molecular weight excluding hydrogens is 236 g/mol. The summed E-state index contributed by atoms with van der Waals surface area (Å²) < 4.78 is 0. The summed E-state index contributed by atoms with van der Waals surface area (Å²) in [7, 11) is 0. The topological polar surface area (TPSA) is 41.1 Å². The van der Waals surface area contributed by atoms with Crippen molar-refractivity contribution in [2.24, 2.45) is 11.8 Å². The Balaban J connectivity index is 2.06. The number of hydrogen-bond acceptors (Lipinski definition) is 2. The number of rotatable bonds is 3. The molecule has 3 atom stereocenters. The van der Waals surface area contributed by atoms with E-state index in [1.54, 1.807) is 0 Å². The van der Waals surface area contributed by atoms with Crippen LogP contribution in [0, 0.1) is 25.7 Å². The summed E-state index contributed by atoms with van der Waals surface area (Å²) in [5.41, 5.74) is 3.68. The van der Waals surface area contributed by atoms with Gasteiger partial charge in [0, 0.05) is 6.54 Å². The van der Waals surface area contributed by atoms with Crippen molar-refractivity contribution < 1.29 is 4.79 Å². The van der Waals surface area contributed by atoms with Gasteiger partial charge in [-0.2, -0.15) is 0 Å². The quantitative estimate of drug-likeness (QED) is 0.876. The first-order valence-corrected chi connectivity index (χ1v) is 7.07. The van der Waals surface area contributed by atoms with Crippen LogP contribution in [0.3, 0.4) is 0 Å². The second-order valence-corrected chi connectivity index (χ2v) is 5.83. The van der Waals surface area contributed by atoms with E-state index < -0.39 is 0 Å². The van der Waals surface area contributed by atoms with Crippen molar-refractivity contribution in [2.75, 3.05) is 13.1 Å². The molecule has 3 nitrogen and oxygen atoms in total. The van der Waals surface area contributed by atoms with Gasteiger partial charge in [0.25, 0.3) is 0 Å². The van der Waals surface area contributed by atoms with Crippen molar-refractivity contribution in [3.63, 3.8) is 0 Å².